The quantitative estimate of drug-likeness (QED) is 0.892. The van der Waals surface area contributed by atoms with Gasteiger partial charge >= 0.3 is 0 Å². The minimum Gasteiger partial charge on any atom is -0.488 e. The molecule has 0 atom stereocenters. The second-order valence-corrected chi connectivity index (χ2v) is 6.24. The predicted octanol–water partition coefficient (Wildman–Crippen LogP) is 3.10. The van der Waals surface area contributed by atoms with Crippen LogP contribution in [0.4, 0.5) is 10.1 Å². The van der Waals surface area contributed by atoms with Gasteiger partial charge in [0.05, 0.1) is 17.5 Å². The molecular weight excluding hydrogens is 325 g/mol. The maximum absolute atomic E-state index is 13.6. The smallest absolute Gasteiger partial charge is 0.280 e. The Morgan fingerprint density at radius 3 is 2.76 bits per heavy atom. The summed E-state index contributed by atoms with van der Waals surface area (Å²) < 4.78 is 19.4. The van der Waals surface area contributed by atoms with E-state index in [0.29, 0.717) is 17.1 Å². The first-order chi connectivity index (χ1) is 11.9. The highest BCUT2D eigenvalue weighted by atomic mass is 19.1. The van der Waals surface area contributed by atoms with Gasteiger partial charge in [-0.15, -0.1) is 0 Å². The second kappa shape index (κ2) is 7.04. The fraction of sp³-hybridized carbons (Fsp3) is 0.389. The molecule has 7 heteroatoms. The van der Waals surface area contributed by atoms with E-state index in [4.69, 9.17) is 4.74 Å². The third-order valence-electron chi connectivity index (χ3n) is 4.34. The summed E-state index contributed by atoms with van der Waals surface area (Å²) in [6, 6.07) is 3.90. The Bertz CT molecular complexity index is 857. The summed E-state index contributed by atoms with van der Waals surface area (Å²) in [4.78, 5) is 31.0. The molecule has 2 aromatic rings. The number of H-pyrrole nitrogens is 1. The first-order valence-electron chi connectivity index (χ1n) is 8.29. The largest absolute Gasteiger partial charge is 0.488 e. The summed E-state index contributed by atoms with van der Waals surface area (Å²) >= 11 is 0. The molecule has 1 aliphatic carbocycles. The average molecular weight is 345 g/mol. The number of rotatable bonds is 4. The Morgan fingerprint density at radius 1 is 1.32 bits per heavy atom. The molecule has 25 heavy (non-hydrogen) atoms. The number of aromatic nitrogens is 2. The first kappa shape index (κ1) is 17.1. The van der Waals surface area contributed by atoms with E-state index in [1.807, 2.05) is 0 Å². The molecule has 1 aliphatic rings. The van der Waals surface area contributed by atoms with Crippen molar-refractivity contribution in [3.8, 4) is 5.75 Å². The Balaban J connectivity index is 1.86. The molecule has 2 N–H and O–H groups in total. The number of amides is 1. The zero-order valence-electron chi connectivity index (χ0n) is 14.2. The Morgan fingerprint density at radius 2 is 2.04 bits per heavy atom. The van der Waals surface area contributed by atoms with Crippen LogP contribution in [0.2, 0.25) is 0 Å². The van der Waals surface area contributed by atoms with Crippen molar-refractivity contribution < 1.29 is 13.9 Å². The van der Waals surface area contributed by atoms with E-state index in [1.54, 1.807) is 13.8 Å². The molecule has 0 spiro atoms. The fourth-order valence-electron chi connectivity index (χ4n) is 2.84. The van der Waals surface area contributed by atoms with Gasteiger partial charge in [0.25, 0.3) is 11.5 Å². The summed E-state index contributed by atoms with van der Waals surface area (Å²) in [6.45, 7) is 3.41. The summed E-state index contributed by atoms with van der Waals surface area (Å²) in [5, 5.41) is 2.60. The molecule has 0 saturated heterocycles. The van der Waals surface area contributed by atoms with Crippen LogP contribution in [-0.2, 0) is 0 Å². The maximum Gasteiger partial charge on any atom is 0.280 e. The predicted molar refractivity (Wildman–Crippen MR) is 91.6 cm³/mol. The van der Waals surface area contributed by atoms with Crippen molar-refractivity contribution in [2.24, 2.45) is 0 Å². The van der Waals surface area contributed by atoms with Crippen molar-refractivity contribution >= 4 is 11.6 Å². The van der Waals surface area contributed by atoms with Gasteiger partial charge in [0.2, 0.25) is 0 Å². The zero-order chi connectivity index (χ0) is 18.0. The number of ether oxygens (including phenoxy) is 1. The minimum atomic E-state index is -0.660. The Labute approximate surface area is 144 Å². The van der Waals surface area contributed by atoms with E-state index in [0.717, 1.165) is 25.7 Å². The number of halogens is 1. The molecule has 1 aromatic heterocycles. The van der Waals surface area contributed by atoms with Crippen LogP contribution in [0.1, 0.15) is 47.6 Å². The molecule has 3 rings (SSSR count). The van der Waals surface area contributed by atoms with Crippen molar-refractivity contribution in [2.75, 3.05) is 5.32 Å². The van der Waals surface area contributed by atoms with Gasteiger partial charge in [0, 0.05) is 11.8 Å². The van der Waals surface area contributed by atoms with Crippen molar-refractivity contribution in [1.29, 1.82) is 0 Å². The third-order valence-corrected chi connectivity index (χ3v) is 4.34. The number of nitrogens with one attached hydrogen (secondary N) is 2. The lowest BCUT2D eigenvalue weighted by Gasteiger charge is -2.17. The van der Waals surface area contributed by atoms with Gasteiger partial charge in [-0.3, -0.25) is 9.59 Å². The molecule has 6 nitrogen and oxygen atoms in total. The van der Waals surface area contributed by atoms with Crippen molar-refractivity contribution in [1.82, 2.24) is 9.97 Å². The zero-order valence-corrected chi connectivity index (χ0v) is 14.2. The molecule has 1 fully saturated rings. The summed E-state index contributed by atoms with van der Waals surface area (Å²) in [5.41, 5.74) is 0.679. The van der Waals surface area contributed by atoms with Gasteiger partial charge in [0.15, 0.2) is 5.69 Å². The van der Waals surface area contributed by atoms with E-state index in [2.05, 4.69) is 15.3 Å². The van der Waals surface area contributed by atoms with Crippen LogP contribution in [0, 0.1) is 19.7 Å². The highest BCUT2D eigenvalue weighted by molar-refractivity contribution is 6.03. The maximum atomic E-state index is 13.6. The van der Waals surface area contributed by atoms with E-state index < -0.39 is 17.3 Å². The normalized spacial score (nSPS) is 14.5. The van der Waals surface area contributed by atoms with E-state index >= 15 is 0 Å². The van der Waals surface area contributed by atoms with Gasteiger partial charge < -0.3 is 15.0 Å². The number of carbonyl (C=O) groups is 1. The number of nitrogens with zero attached hydrogens (tertiary/aromatic N) is 1. The van der Waals surface area contributed by atoms with E-state index in [-0.39, 0.29) is 17.5 Å². The highest BCUT2D eigenvalue weighted by Crippen LogP contribution is 2.30. The van der Waals surface area contributed by atoms with Gasteiger partial charge in [-0.05, 0) is 51.7 Å². The van der Waals surface area contributed by atoms with Crippen LogP contribution in [0.25, 0.3) is 0 Å². The SMILES string of the molecule is Cc1nc(C(=O)Nc2ccc(F)cc2OC2CCCC2)c(=O)[nH]c1C. The molecule has 1 aromatic carbocycles. The number of benzene rings is 1. The van der Waals surface area contributed by atoms with Gasteiger partial charge in [-0.1, -0.05) is 0 Å². The molecule has 1 amide bonds. The van der Waals surface area contributed by atoms with Gasteiger partial charge in [0.1, 0.15) is 11.6 Å². The number of carbonyl (C=O) groups excluding carboxylic acids is 1. The number of hydrogen-bond acceptors (Lipinski definition) is 4. The van der Waals surface area contributed by atoms with Gasteiger partial charge in [-0.25, -0.2) is 9.37 Å². The molecule has 0 radical (unpaired) electrons. The van der Waals surface area contributed by atoms with Crippen LogP contribution < -0.4 is 15.6 Å². The first-order valence-corrected chi connectivity index (χ1v) is 8.29. The third kappa shape index (κ3) is 3.87. The molecule has 132 valence electrons. The molecule has 0 bridgehead atoms. The van der Waals surface area contributed by atoms with Crippen LogP contribution >= 0.6 is 0 Å². The molecule has 0 aliphatic heterocycles. The topological polar surface area (TPSA) is 84.1 Å². The number of aryl methyl sites for hydroxylation is 2. The molecule has 0 unspecified atom stereocenters. The van der Waals surface area contributed by atoms with Crippen molar-refractivity contribution in [2.45, 2.75) is 45.6 Å². The number of hydrogen-bond donors (Lipinski definition) is 2. The summed E-state index contributed by atoms with van der Waals surface area (Å²) in [7, 11) is 0. The van der Waals surface area contributed by atoms with Crippen molar-refractivity contribution in [3.05, 3.63) is 51.5 Å². The van der Waals surface area contributed by atoms with Crippen LogP contribution in [0.3, 0.4) is 0 Å². The van der Waals surface area contributed by atoms with E-state index in [9.17, 15) is 14.0 Å². The standard InChI is InChI=1S/C18H20FN3O3/c1-10-11(2)21-17(23)16(20-10)18(24)22-14-8-7-12(19)9-15(14)25-13-5-3-4-6-13/h7-9,13H,3-6H2,1-2H3,(H,21,23)(H,22,24). The monoisotopic (exact) mass is 345 g/mol. The lowest BCUT2D eigenvalue weighted by molar-refractivity contribution is 0.101. The Hall–Kier alpha value is -2.70. The average Bonchev–Trinajstić information content (AvgIpc) is 3.06. The lowest BCUT2D eigenvalue weighted by Crippen LogP contribution is -2.27. The molecular formula is C18H20FN3O3. The number of aromatic amines is 1. The van der Waals surface area contributed by atoms with Crippen LogP contribution in [0.15, 0.2) is 23.0 Å². The van der Waals surface area contributed by atoms with E-state index in [1.165, 1.54) is 18.2 Å². The second-order valence-electron chi connectivity index (χ2n) is 6.24. The van der Waals surface area contributed by atoms with Crippen molar-refractivity contribution in [3.63, 3.8) is 0 Å². The fourth-order valence-corrected chi connectivity index (χ4v) is 2.84. The van der Waals surface area contributed by atoms with Crippen LogP contribution in [0.5, 0.6) is 5.75 Å². The Kier molecular flexibility index (Phi) is 4.83. The molecule has 1 saturated carbocycles. The van der Waals surface area contributed by atoms with Crippen LogP contribution in [-0.4, -0.2) is 22.0 Å². The lowest BCUT2D eigenvalue weighted by atomic mass is 10.2. The molecule has 1 heterocycles. The highest BCUT2D eigenvalue weighted by Gasteiger charge is 2.20. The number of anilines is 1. The minimum absolute atomic E-state index is 0.0144. The summed E-state index contributed by atoms with van der Waals surface area (Å²) in [6.07, 6.45) is 3.97. The van der Waals surface area contributed by atoms with Gasteiger partial charge in [-0.2, -0.15) is 0 Å². The summed E-state index contributed by atoms with van der Waals surface area (Å²) in [5.74, 6) is -0.846.